The van der Waals surface area contributed by atoms with Gasteiger partial charge in [-0.05, 0) is 57.3 Å². The molecule has 0 radical (unpaired) electrons. The fourth-order valence-electron chi connectivity index (χ4n) is 4.88. The molecule has 1 rings (SSSR count). The summed E-state index contributed by atoms with van der Waals surface area (Å²) in [5, 5.41) is 0. The second kappa shape index (κ2) is 32.5. The van der Waals surface area contributed by atoms with Crippen molar-refractivity contribution in [2.75, 3.05) is 0 Å². The highest BCUT2D eigenvalue weighted by atomic mass is 14.3. The van der Waals surface area contributed by atoms with E-state index in [0.29, 0.717) is 0 Å². The number of rotatable bonds is 27. The second-order valence-electron chi connectivity index (χ2n) is 11.7. The van der Waals surface area contributed by atoms with Crippen molar-refractivity contribution in [1.29, 1.82) is 0 Å². The monoisotopic (exact) mass is 503 g/mol. The van der Waals surface area contributed by atoms with Crippen molar-refractivity contribution < 1.29 is 0 Å². The Hall–Kier alpha value is -0.520. The van der Waals surface area contributed by atoms with Crippen molar-refractivity contribution in [3.63, 3.8) is 0 Å². The molecular formula is C36H70. The van der Waals surface area contributed by atoms with E-state index in [9.17, 15) is 0 Å². The quantitative estimate of drug-likeness (QED) is 0.0773. The molecule has 1 aliphatic carbocycles. The van der Waals surface area contributed by atoms with Gasteiger partial charge in [-0.25, -0.2) is 0 Å². The van der Waals surface area contributed by atoms with Gasteiger partial charge in [0.15, 0.2) is 0 Å². The van der Waals surface area contributed by atoms with Crippen LogP contribution in [0.25, 0.3) is 0 Å². The Morgan fingerprint density at radius 2 is 0.639 bits per heavy atom. The first-order chi connectivity index (χ1) is 17.8. The zero-order chi connectivity index (χ0) is 26.2. The third kappa shape index (κ3) is 33.5. The lowest BCUT2D eigenvalue weighted by Gasteiger charge is -1.98. The summed E-state index contributed by atoms with van der Waals surface area (Å²) in [5.41, 5.74) is 0. The Morgan fingerprint density at radius 1 is 0.361 bits per heavy atom. The summed E-state index contributed by atoms with van der Waals surface area (Å²) < 4.78 is 0. The molecule has 1 aliphatic rings. The van der Waals surface area contributed by atoms with E-state index in [1.54, 1.807) is 0 Å². The van der Waals surface area contributed by atoms with Crippen LogP contribution in [-0.4, -0.2) is 0 Å². The standard InChI is InChI=1S/C18H34.C18H36/c1-2-3-4-5-6-7-8-9-10-11-12-13-14-15-18-16-17-18;1-3-5-7-9-11-13-15-17-18-16-14-12-10-8-6-4-2/h9-10,18H,2-8,11-17H2,1H3;17-18H,3-16H2,1-2H3/b10-9-;18-17-. The van der Waals surface area contributed by atoms with Crippen molar-refractivity contribution in [3.8, 4) is 0 Å². The van der Waals surface area contributed by atoms with Crippen LogP contribution in [0, 0.1) is 5.92 Å². The number of allylic oxidation sites excluding steroid dienone is 4. The Bertz CT molecular complexity index is 409. The fraction of sp³-hybridized carbons (Fsp3) is 0.889. The van der Waals surface area contributed by atoms with E-state index >= 15 is 0 Å². The van der Waals surface area contributed by atoms with Crippen LogP contribution in [-0.2, 0) is 0 Å². The largest absolute Gasteiger partial charge is 0.0885 e. The highest BCUT2D eigenvalue weighted by Crippen LogP contribution is 2.34. The Balaban J connectivity index is 0.000000681. The smallest absolute Gasteiger partial charge is 0.0351 e. The van der Waals surface area contributed by atoms with Gasteiger partial charge in [0.1, 0.15) is 0 Å². The molecule has 0 heteroatoms. The minimum absolute atomic E-state index is 1.13. The van der Waals surface area contributed by atoms with E-state index in [1.165, 1.54) is 180 Å². The summed E-state index contributed by atoms with van der Waals surface area (Å²) in [4.78, 5) is 0. The fourth-order valence-corrected chi connectivity index (χ4v) is 4.88. The molecule has 0 saturated heterocycles. The van der Waals surface area contributed by atoms with Gasteiger partial charge in [0.2, 0.25) is 0 Å². The van der Waals surface area contributed by atoms with Crippen LogP contribution in [0.3, 0.4) is 0 Å². The molecule has 0 spiro atoms. The highest BCUT2D eigenvalue weighted by molar-refractivity contribution is 4.82. The molecule has 0 atom stereocenters. The van der Waals surface area contributed by atoms with Crippen LogP contribution >= 0.6 is 0 Å². The number of hydrogen-bond donors (Lipinski definition) is 0. The minimum Gasteiger partial charge on any atom is -0.0885 e. The lowest BCUT2D eigenvalue weighted by Crippen LogP contribution is -1.79. The van der Waals surface area contributed by atoms with E-state index in [2.05, 4.69) is 45.1 Å². The molecule has 0 aliphatic heterocycles. The van der Waals surface area contributed by atoms with Crippen molar-refractivity contribution in [3.05, 3.63) is 24.3 Å². The molecule has 0 aromatic heterocycles. The molecule has 0 heterocycles. The summed E-state index contributed by atoms with van der Waals surface area (Å²) in [6.07, 6.45) is 49.4. The van der Waals surface area contributed by atoms with E-state index in [4.69, 9.17) is 0 Å². The van der Waals surface area contributed by atoms with Crippen LogP contribution in [0.5, 0.6) is 0 Å². The average molecular weight is 503 g/mol. The van der Waals surface area contributed by atoms with Crippen molar-refractivity contribution in [2.24, 2.45) is 5.92 Å². The van der Waals surface area contributed by atoms with Crippen molar-refractivity contribution >= 4 is 0 Å². The topological polar surface area (TPSA) is 0 Å². The van der Waals surface area contributed by atoms with Crippen molar-refractivity contribution in [2.45, 2.75) is 201 Å². The second-order valence-corrected chi connectivity index (χ2v) is 11.7. The van der Waals surface area contributed by atoms with Gasteiger partial charge in [0, 0.05) is 0 Å². The maximum Gasteiger partial charge on any atom is -0.0351 e. The Kier molecular flexibility index (Phi) is 32.0. The SMILES string of the molecule is CCCCCCCC/C=C\CCCCCC1CC1.CCCCCCCC/C=C\CCCCCCCC. The molecule has 214 valence electrons. The molecule has 0 aromatic carbocycles. The van der Waals surface area contributed by atoms with Gasteiger partial charge in [-0.1, -0.05) is 173 Å². The van der Waals surface area contributed by atoms with Gasteiger partial charge in [-0.2, -0.15) is 0 Å². The maximum absolute atomic E-state index is 2.42. The lowest BCUT2D eigenvalue weighted by atomic mass is 10.1. The first-order valence-corrected chi connectivity index (χ1v) is 17.1. The summed E-state index contributed by atoms with van der Waals surface area (Å²) in [6, 6.07) is 0. The predicted molar refractivity (Wildman–Crippen MR) is 168 cm³/mol. The van der Waals surface area contributed by atoms with Crippen LogP contribution in [0.15, 0.2) is 24.3 Å². The summed E-state index contributed by atoms with van der Waals surface area (Å²) in [6.45, 7) is 6.85. The van der Waals surface area contributed by atoms with Gasteiger partial charge < -0.3 is 0 Å². The third-order valence-electron chi connectivity index (χ3n) is 7.69. The predicted octanol–water partition coefficient (Wildman–Crippen LogP) is 13.7. The molecule has 0 nitrogen and oxygen atoms in total. The summed E-state index contributed by atoms with van der Waals surface area (Å²) in [5.74, 6) is 1.13. The van der Waals surface area contributed by atoms with Crippen LogP contribution < -0.4 is 0 Å². The van der Waals surface area contributed by atoms with E-state index in [-0.39, 0.29) is 0 Å². The molecule has 0 amide bonds. The molecule has 0 unspecified atom stereocenters. The maximum atomic E-state index is 2.42. The normalized spacial score (nSPS) is 13.5. The molecule has 1 fully saturated rings. The van der Waals surface area contributed by atoms with Crippen molar-refractivity contribution in [1.82, 2.24) is 0 Å². The summed E-state index contributed by atoms with van der Waals surface area (Å²) in [7, 11) is 0. The zero-order valence-electron chi connectivity index (χ0n) is 25.7. The average Bonchev–Trinajstić information content (AvgIpc) is 3.72. The molecular weight excluding hydrogens is 432 g/mol. The Morgan fingerprint density at radius 3 is 0.944 bits per heavy atom. The molecule has 0 aromatic rings. The van der Waals surface area contributed by atoms with Gasteiger partial charge >= 0.3 is 0 Å². The first kappa shape index (κ1) is 35.5. The van der Waals surface area contributed by atoms with Crippen LogP contribution in [0.4, 0.5) is 0 Å². The molecule has 36 heavy (non-hydrogen) atoms. The molecule has 0 bridgehead atoms. The first-order valence-electron chi connectivity index (χ1n) is 17.1. The number of unbranched alkanes of at least 4 members (excludes halogenated alkanes) is 21. The van der Waals surface area contributed by atoms with Crippen LogP contribution in [0.2, 0.25) is 0 Å². The van der Waals surface area contributed by atoms with Crippen LogP contribution in [0.1, 0.15) is 201 Å². The summed E-state index contributed by atoms with van der Waals surface area (Å²) >= 11 is 0. The Labute approximate surface area is 230 Å². The molecule has 0 N–H and O–H groups in total. The zero-order valence-corrected chi connectivity index (χ0v) is 25.7. The van der Waals surface area contributed by atoms with E-state index in [0.717, 1.165) is 5.92 Å². The lowest BCUT2D eigenvalue weighted by molar-refractivity contribution is 0.604. The highest BCUT2D eigenvalue weighted by Gasteiger charge is 2.19. The van der Waals surface area contributed by atoms with Gasteiger partial charge in [0.05, 0.1) is 0 Å². The third-order valence-corrected chi connectivity index (χ3v) is 7.69. The van der Waals surface area contributed by atoms with E-state index < -0.39 is 0 Å². The number of hydrogen-bond acceptors (Lipinski definition) is 0. The van der Waals surface area contributed by atoms with Gasteiger partial charge in [0.25, 0.3) is 0 Å². The minimum atomic E-state index is 1.13. The molecule has 1 saturated carbocycles. The van der Waals surface area contributed by atoms with Gasteiger partial charge in [-0.15, -0.1) is 0 Å². The van der Waals surface area contributed by atoms with E-state index in [1.807, 2.05) is 0 Å². The van der Waals surface area contributed by atoms with Gasteiger partial charge in [-0.3, -0.25) is 0 Å².